The summed E-state index contributed by atoms with van der Waals surface area (Å²) in [5.74, 6) is 0.682. The van der Waals surface area contributed by atoms with Crippen LogP contribution in [0.4, 0.5) is 10.5 Å². The number of aromatic nitrogens is 3. The Labute approximate surface area is 172 Å². The van der Waals surface area contributed by atoms with E-state index < -0.39 is 6.03 Å². The van der Waals surface area contributed by atoms with Crippen LogP contribution in [0.15, 0.2) is 35.1 Å². The number of benzene rings is 1. The Bertz CT molecular complexity index is 1100. The third kappa shape index (κ3) is 3.47. The lowest BCUT2D eigenvalue weighted by molar-refractivity contribution is -0.116. The lowest BCUT2D eigenvalue weighted by atomic mass is 10.2. The maximum atomic E-state index is 12.8. The van der Waals surface area contributed by atoms with Crippen molar-refractivity contribution in [1.82, 2.24) is 19.8 Å². The molecular formula is C20H21N5O5. The fraction of sp³-hybridized carbons (Fsp3) is 0.300. The highest BCUT2D eigenvalue weighted by Gasteiger charge is 2.37. The number of urea groups is 1. The van der Waals surface area contributed by atoms with Gasteiger partial charge in [-0.25, -0.2) is 9.69 Å². The van der Waals surface area contributed by atoms with Crippen molar-refractivity contribution in [3.05, 3.63) is 53.2 Å². The molecule has 30 heavy (non-hydrogen) atoms. The van der Waals surface area contributed by atoms with E-state index in [-0.39, 0.29) is 24.7 Å². The molecule has 1 aromatic carbocycles. The average molecular weight is 411 g/mol. The molecule has 3 heterocycles. The Morgan fingerprint density at radius 2 is 2.03 bits per heavy atom. The van der Waals surface area contributed by atoms with Crippen molar-refractivity contribution in [2.45, 2.75) is 26.9 Å². The monoisotopic (exact) mass is 411 g/mol. The van der Waals surface area contributed by atoms with E-state index >= 15 is 0 Å². The van der Waals surface area contributed by atoms with Gasteiger partial charge >= 0.3 is 6.03 Å². The summed E-state index contributed by atoms with van der Waals surface area (Å²) < 4.78 is 11.8. The van der Waals surface area contributed by atoms with Gasteiger partial charge in [0, 0.05) is 18.3 Å². The van der Waals surface area contributed by atoms with Gasteiger partial charge in [-0.15, -0.1) is 0 Å². The van der Waals surface area contributed by atoms with E-state index in [1.807, 2.05) is 13.8 Å². The number of anilines is 1. The van der Waals surface area contributed by atoms with E-state index in [0.717, 1.165) is 16.2 Å². The van der Waals surface area contributed by atoms with E-state index in [1.165, 1.54) is 24.3 Å². The first-order valence-corrected chi connectivity index (χ1v) is 9.29. The predicted molar refractivity (Wildman–Crippen MR) is 105 cm³/mol. The molecule has 1 aliphatic heterocycles. The lowest BCUT2D eigenvalue weighted by Gasteiger charge is -2.16. The number of imide groups is 1. The minimum atomic E-state index is -0.438. The number of carbonyl (C=O) groups excluding carboxylic acids is 2. The SMILES string of the molecule is COc1ccc(CN2CC(=O)N(c3cnn(Cc4c(C)noc4C)c3)C2=O)cc1O. The largest absolute Gasteiger partial charge is 0.504 e. The minimum absolute atomic E-state index is 0.0228. The van der Waals surface area contributed by atoms with Gasteiger partial charge in [0.15, 0.2) is 11.5 Å². The topological polar surface area (TPSA) is 114 Å². The fourth-order valence-electron chi connectivity index (χ4n) is 3.43. The summed E-state index contributed by atoms with van der Waals surface area (Å²) in [6.07, 6.45) is 3.13. The molecule has 0 spiro atoms. The number of ether oxygens (including phenoxy) is 1. The molecule has 1 aliphatic rings. The molecule has 4 rings (SSSR count). The number of nitrogens with zero attached hydrogens (tertiary/aromatic N) is 5. The molecule has 2 aromatic heterocycles. The minimum Gasteiger partial charge on any atom is -0.504 e. The van der Waals surface area contributed by atoms with E-state index in [9.17, 15) is 14.7 Å². The smallest absolute Gasteiger partial charge is 0.332 e. The Morgan fingerprint density at radius 3 is 2.70 bits per heavy atom. The number of carbonyl (C=O) groups is 2. The number of phenolic OH excluding ortho intramolecular Hbond substituents is 1. The van der Waals surface area contributed by atoms with Crippen LogP contribution in [-0.2, 0) is 17.9 Å². The highest BCUT2D eigenvalue weighted by Crippen LogP contribution is 2.28. The maximum Gasteiger partial charge on any atom is 0.332 e. The summed E-state index contributed by atoms with van der Waals surface area (Å²) >= 11 is 0. The van der Waals surface area contributed by atoms with Crippen molar-refractivity contribution < 1.29 is 24.0 Å². The van der Waals surface area contributed by atoms with Crippen molar-refractivity contribution in [2.24, 2.45) is 0 Å². The van der Waals surface area contributed by atoms with Crippen molar-refractivity contribution in [1.29, 1.82) is 0 Å². The van der Waals surface area contributed by atoms with Gasteiger partial charge in [-0.2, -0.15) is 5.10 Å². The van der Waals surface area contributed by atoms with Gasteiger partial charge in [-0.05, 0) is 31.5 Å². The van der Waals surface area contributed by atoms with E-state index in [4.69, 9.17) is 9.26 Å². The van der Waals surface area contributed by atoms with Crippen LogP contribution in [0.5, 0.6) is 11.5 Å². The van der Waals surface area contributed by atoms with Crippen molar-refractivity contribution in [3.63, 3.8) is 0 Å². The first-order valence-electron chi connectivity index (χ1n) is 9.29. The van der Waals surface area contributed by atoms with E-state index in [0.29, 0.717) is 29.3 Å². The number of aromatic hydroxyl groups is 1. The number of phenols is 1. The first-order chi connectivity index (χ1) is 14.4. The predicted octanol–water partition coefficient (Wildman–Crippen LogP) is 2.22. The van der Waals surface area contributed by atoms with Gasteiger partial charge in [-0.1, -0.05) is 11.2 Å². The van der Waals surface area contributed by atoms with E-state index in [2.05, 4.69) is 10.3 Å². The summed E-state index contributed by atoms with van der Waals surface area (Å²) in [4.78, 5) is 27.9. The Morgan fingerprint density at radius 1 is 1.23 bits per heavy atom. The number of hydrogen-bond acceptors (Lipinski definition) is 7. The average Bonchev–Trinajstić information content (AvgIpc) is 3.37. The van der Waals surface area contributed by atoms with Crippen LogP contribution in [0, 0.1) is 13.8 Å². The molecule has 10 nitrogen and oxygen atoms in total. The summed E-state index contributed by atoms with van der Waals surface area (Å²) in [5.41, 5.74) is 2.76. The van der Waals surface area contributed by atoms with Gasteiger partial charge in [0.1, 0.15) is 12.3 Å². The van der Waals surface area contributed by atoms with Crippen molar-refractivity contribution in [3.8, 4) is 11.5 Å². The molecule has 3 amide bonds. The second-order valence-corrected chi connectivity index (χ2v) is 7.07. The van der Waals surface area contributed by atoms with Gasteiger partial charge in [0.25, 0.3) is 5.91 Å². The molecular weight excluding hydrogens is 390 g/mol. The summed E-state index contributed by atoms with van der Waals surface area (Å²) in [5, 5.41) is 18.1. The van der Waals surface area contributed by atoms with Crippen LogP contribution in [0.1, 0.15) is 22.6 Å². The summed E-state index contributed by atoms with van der Waals surface area (Å²) in [7, 11) is 1.46. The highest BCUT2D eigenvalue weighted by molar-refractivity contribution is 6.19. The van der Waals surface area contributed by atoms with Crippen LogP contribution < -0.4 is 9.64 Å². The number of amides is 3. The van der Waals surface area contributed by atoms with Crippen molar-refractivity contribution >= 4 is 17.6 Å². The quantitative estimate of drug-likeness (QED) is 0.619. The Kier molecular flexibility index (Phi) is 4.90. The van der Waals surface area contributed by atoms with Crippen LogP contribution in [0.25, 0.3) is 0 Å². The molecule has 0 atom stereocenters. The molecule has 1 saturated heterocycles. The standard InChI is InChI=1S/C20H21N5O5/c1-12-16(13(2)30-22-12)10-24-9-15(7-21-24)25-19(27)11-23(20(25)28)8-14-4-5-18(29-3)17(26)6-14/h4-7,9,26H,8,10-11H2,1-3H3. The third-order valence-electron chi connectivity index (χ3n) is 5.03. The summed E-state index contributed by atoms with van der Waals surface area (Å²) in [6, 6.07) is 4.43. The Hall–Kier alpha value is -3.82. The highest BCUT2D eigenvalue weighted by atomic mass is 16.5. The molecule has 0 bridgehead atoms. The van der Waals surface area contributed by atoms with Crippen LogP contribution in [0.3, 0.4) is 0 Å². The lowest BCUT2D eigenvalue weighted by Crippen LogP contribution is -2.32. The van der Waals surface area contributed by atoms with E-state index in [1.54, 1.807) is 23.0 Å². The van der Waals surface area contributed by atoms with Gasteiger partial charge in [0.2, 0.25) is 0 Å². The summed E-state index contributed by atoms with van der Waals surface area (Å²) in [6.45, 7) is 4.22. The molecule has 3 aromatic rings. The van der Waals surface area contributed by atoms with Gasteiger partial charge in [0.05, 0.1) is 31.2 Å². The maximum absolute atomic E-state index is 12.8. The Balaban J connectivity index is 1.49. The molecule has 0 aliphatic carbocycles. The second kappa shape index (κ2) is 7.54. The number of hydrogen-bond donors (Lipinski definition) is 1. The second-order valence-electron chi connectivity index (χ2n) is 7.07. The number of aryl methyl sites for hydroxylation is 2. The normalized spacial score (nSPS) is 14.1. The first kappa shape index (κ1) is 19.5. The molecule has 10 heteroatoms. The third-order valence-corrected chi connectivity index (χ3v) is 5.03. The fourth-order valence-corrected chi connectivity index (χ4v) is 3.43. The molecule has 1 N–H and O–H groups in total. The molecule has 0 unspecified atom stereocenters. The zero-order valence-electron chi connectivity index (χ0n) is 16.8. The van der Waals surface area contributed by atoms with Crippen LogP contribution >= 0.6 is 0 Å². The number of methoxy groups -OCH3 is 1. The van der Waals surface area contributed by atoms with Crippen molar-refractivity contribution in [2.75, 3.05) is 18.6 Å². The molecule has 1 fully saturated rings. The van der Waals surface area contributed by atoms with Gasteiger partial charge < -0.3 is 19.3 Å². The van der Waals surface area contributed by atoms with Crippen LogP contribution in [0.2, 0.25) is 0 Å². The van der Waals surface area contributed by atoms with Gasteiger partial charge in [-0.3, -0.25) is 9.48 Å². The molecule has 0 radical (unpaired) electrons. The molecule has 0 saturated carbocycles. The molecule has 156 valence electrons. The zero-order valence-corrected chi connectivity index (χ0v) is 16.8. The number of rotatable bonds is 6. The van der Waals surface area contributed by atoms with Crippen LogP contribution in [-0.4, -0.2) is 50.5 Å². The zero-order chi connectivity index (χ0) is 21.4.